The molecule has 0 radical (unpaired) electrons. The van der Waals surface area contributed by atoms with Crippen LogP contribution in [0.5, 0.6) is 0 Å². The van der Waals surface area contributed by atoms with Gasteiger partial charge in [0.15, 0.2) is 0 Å². The number of carbonyl (C=O) groups excluding carboxylic acids is 2. The maximum Gasteiger partial charge on any atom is 0.335 e. The molecule has 0 saturated carbocycles. The molecule has 3 rings (SSSR count). The van der Waals surface area contributed by atoms with Crippen molar-refractivity contribution in [3.8, 4) is 11.1 Å². The minimum absolute atomic E-state index is 0.0201. The number of carboxylic acid groups (broad SMARTS) is 1. The van der Waals surface area contributed by atoms with Gasteiger partial charge in [-0.05, 0) is 47.4 Å². The Morgan fingerprint density at radius 1 is 0.972 bits per heavy atom. The van der Waals surface area contributed by atoms with E-state index < -0.39 is 27.8 Å². The van der Waals surface area contributed by atoms with Crippen LogP contribution in [0.3, 0.4) is 0 Å². The van der Waals surface area contributed by atoms with Gasteiger partial charge in [0.2, 0.25) is 10.0 Å². The number of carbonyl (C=O) groups is 3. The zero-order valence-corrected chi connectivity index (χ0v) is 20.7. The molecule has 2 amide bonds. The lowest BCUT2D eigenvalue weighted by atomic mass is 10.1. The van der Waals surface area contributed by atoms with Crippen LogP contribution in [-0.4, -0.2) is 42.8 Å². The second-order valence-corrected chi connectivity index (χ2v) is 10.2. The van der Waals surface area contributed by atoms with E-state index in [9.17, 15) is 27.9 Å². The zero-order chi connectivity index (χ0) is 26.5. The number of hydrogen-bond donors (Lipinski definition) is 3. The van der Waals surface area contributed by atoms with Crippen LogP contribution in [0.15, 0.2) is 77.7 Å². The molecule has 10 heteroatoms. The highest BCUT2D eigenvalue weighted by Crippen LogP contribution is 2.27. The number of rotatable bonds is 8. The van der Waals surface area contributed by atoms with Gasteiger partial charge in [0, 0.05) is 24.3 Å². The fourth-order valence-electron chi connectivity index (χ4n) is 3.70. The minimum Gasteiger partial charge on any atom is -0.478 e. The molecule has 3 aromatic carbocycles. The highest BCUT2D eigenvalue weighted by Gasteiger charge is 2.23. The van der Waals surface area contributed by atoms with Crippen LogP contribution < -0.4 is 10.5 Å². The fraction of sp³-hybridized carbons (Fsp3) is 0.192. The van der Waals surface area contributed by atoms with Crippen molar-refractivity contribution in [1.82, 2.24) is 4.90 Å². The van der Waals surface area contributed by atoms with Crippen LogP contribution in [0, 0.1) is 5.92 Å². The van der Waals surface area contributed by atoms with Crippen LogP contribution in [0.25, 0.3) is 11.1 Å². The number of amides is 2. The fourth-order valence-corrected chi connectivity index (χ4v) is 4.46. The quantitative estimate of drug-likeness (QED) is 0.397. The number of carboxylic acids is 1. The normalized spacial score (nSPS) is 11.2. The van der Waals surface area contributed by atoms with E-state index >= 15 is 0 Å². The van der Waals surface area contributed by atoms with Gasteiger partial charge in [-0.1, -0.05) is 56.3 Å². The number of anilines is 1. The molecule has 3 aromatic rings. The average Bonchev–Trinajstić information content (AvgIpc) is 2.83. The maximum atomic E-state index is 13.0. The Labute approximate surface area is 209 Å². The van der Waals surface area contributed by atoms with Gasteiger partial charge in [-0.2, -0.15) is 0 Å². The van der Waals surface area contributed by atoms with Crippen molar-refractivity contribution in [1.29, 1.82) is 0 Å². The van der Waals surface area contributed by atoms with Gasteiger partial charge in [0.1, 0.15) is 0 Å². The van der Waals surface area contributed by atoms with Crippen molar-refractivity contribution in [3.63, 3.8) is 0 Å². The van der Waals surface area contributed by atoms with Gasteiger partial charge >= 0.3 is 17.8 Å². The lowest BCUT2D eigenvalue weighted by Crippen LogP contribution is -2.41. The number of nitrogens with zero attached hydrogens (tertiary/aromatic N) is 1. The molecular weight excluding hydrogens is 482 g/mol. The molecule has 36 heavy (non-hydrogen) atoms. The van der Waals surface area contributed by atoms with Crippen LogP contribution in [0.1, 0.15) is 29.8 Å². The largest absolute Gasteiger partial charge is 0.478 e. The Morgan fingerprint density at radius 2 is 1.64 bits per heavy atom. The summed E-state index contributed by atoms with van der Waals surface area (Å²) >= 11 is 0. The highest BCUT2D eigenvalue weighted by molar-refractivity contribution is 7.89. The van der Waals surface area contributed by atoms with E-state index in [4.69, 9.17) is 5.14 Å². The number of primary sulfonamides is 1. The molecule has 188 valence electrons. The van der Waals surface area contributed by atoms with Crippen molar-refractivity contribution in [2.24, 2.45) is 11.1 Å². The summed E-state index contributed by atoms with van der Waals surface area (Å²) in [6.45, 7) is 4.19. The Kier molecular flexibility index (Phi) is 8.23. The Hall–Kier alpha value is -4.02. The maximum absolute atomic E-state index is 13.0. The topological polar surface area (TPSA) is 147 Å². The SMILES string of the molecule is CC(C)CN(Cc1cccc(C(=O)O)c1)C(=O)C(=O)Nc1ccc(-c2ccccc2S(N)(=O)=O)cc1. The summed E-state index contributed by atoms with van der Waals surface area (Å²) in [7, 11) is -3.93. The van der Waals surface area contributed by atoms with Crippen molar-refractivity contribution in [3.05, 3.63) is 83.9 Å². The first kappa shape index (κ1) is 26.6. The number of benzene rings is 3. The molecule has 0 atom stereocenters. The van der Waals surface area contributed by atoms with Crippen molar-refractivity contribution < 1.29 is 27.9 Å². The summed E-state index contributed by atoms with van der Waals surface area (Å²) in [5.41, 5.74) is 2.03. The molecule has 0 aliphatic heterocycles. The Bertz CT molecular complexity index is 1380. The average molecular weight is 510 g/mol. The van der Waals surface area contributed by atoms with Crippen molar-refractivity contribution in [2.45, 2.75) is 25.3 Å². The molecular formula is C26H27N3O6S. The first-order chi connectivity index (χ1) is 17.0. The van der Waals surface area contributed by atoms with Gasteiger partial charge in [0.05, 0.1) is 10.5 Å². The summed E-state index contributed by atoms with van der Waals surface area (Å²) in [6, 6.07) is 18.9. The van der Waals surface area contributed by atoms with Crippen LogP contribution >= 0.6 is 0 Å². The monoisotopic (exact) mass is 509 g/mol. The van der Waals surface area contributed by atoms with Gasteiger partial charge in [-0.3, -0.25) is 9.59 Å². The molecule has 0 bridgehead atoms. The van der Waals surface area contributed by atoms with E-state index in [-0.39, 0.29) is 22.9 Å². The Balaban J connectivity index is 1.77. The first-order valence-electron chi connectivity index (χ1n) is 11.1. The minimum atomic E-state index is -3.93. The summed E-state index contributed by atoms with van der Waals surface area (Å²) in [5.74, 6) is -2.61. The number of aromatic carboxylic acids is 1. The molecule has 0 fully saturated rings. The second kappa shape index (κ2) is 11.1. The van der Waals surface area contributed by atoms with Gasteiger partial charge < -0.3 is 15.3 Å². The lowest BCUT2D eigenvalue weighted by molar-refractivity contribution is -0.143. The van der Waals surface area contributed by atoms with Crippen molar-refractivity contribution >= 4 is 33.5 Å². The molecule has 0 unspecified atom stereocenters. The zero-order valence-electron chi connectivity index (χ0n) is 19.8. The standard InChI is InChI=1S/C26H27N3O6S/c1-17(2)15-29(16-18-6-5-7-20(14-18)26(32)33)25(31)24(30)28-21-12-10-19(11-13-21)22-8-3-4-9-23(22)36(27,34)35/h3-14,17H,15-16H2,1-2H3,(H,28,30)(H,32,33)(H2,27,34,35). The number of hydrogen-bond acceptors (Lipinski definition) is 5. The molecule has 0 heterocycles. The highest BCUT2D eigenvalue weighted by atomic mass is 32.2. The first-order valence-corrected chi connectivity index (χ1v) is 12.6. The predicted molar refractivity (Wildman–Crippen MR) is 136 cm³/mol. The van der Waals surface area contributed by atoms with Gasteiger partial charge in [-0.25, -0.2) is 18.4 Å². The van der Waals surface area contributed by atoms with E-state index in [1.807, 2.05) is 13.8 Å². The summed E-state index contributed by atoms with van der Waals surface area (Å²) in [5, 5.41) is 17.1. The number of nitrogens with one attached hydrogen (secondary N) is 1. The molecule has 0 spiro atoms. The van der Waals surface area contributed by atoms with Gasteiger partial charge in [0.25, 0.3) is 0 Å². The Morgan fingerprint density at radius 3 is 2.25 bits per heavy atom. The molecule has 0 saturated heterocycles. The van der Waals surface area contributed by atoms with E-state index in [1.165, 1.54) is 23.1 Å². The third kappa shape index (κ3) is 6.77. The molecule has 0 aliphatic rings. The molecule has 4 N–H and O–H groups in total. The second-order valence-electron chi connectivity index (χ2n) is 8.66. The number of sulfonamides is 1. The molecule has 0 aliphatic carbocycles. The summed E-state index contributed by atoms with van der Waals surface area (Å²) < 4.78 is 23.8. The van der Waals surface area contributed by atoms with E-state index in [0.29, 0.717) is 28.9 Å². The molecule has 0 aromatic heterocycles. The molecule has 9 nitrogen and oxygen atoms in total. The lowest BCUT2D eigenvalue weighted by Gasteiger charge is -2.24. The summed E-state index contributed by atoms with van der Waals surface area (Å²) in [4.78, 5) is 38.3. The third-order valence-electron chi connectivity index (χ3n) is 5.26. The smallest absolute Gasteiger partial charge is 0.335 e. The van der Waals surface area contributed by atoms with Crippen molar-refractivity contribution in [2.75, 3.05) is 11.9 Å². The van der Waals surface area contributed by atoms with E-state index in [1.54, 1.807) is 54.6 Å². The van der Waals surface area contributed by atoms with E-state index in [2.05, 4.69) is 5.32 Å². The predicted octanol–water partition coefficient (Wildman–Crippen LogP) is 3.32. The van der Waals surface area contributed by atoms with Crippen LogP contribution in [0.4, 0.5) is 5.69 Å². The van der Waals surface area contributed by atoms with Crippen LogP contribution in [-0.2, 0) is 26.2 Å². The van der Waals surface area contributed by atoms with E-state index in [0.717, 1.165) is 0 Å². The third-order valence-corrected chi connectivity index (χ3v) is 6.23. The summed E-state index contributed by atoms with van der Waals surface area (Å²) in [6.07, 6.45) is 0. The number of nitrogens with two attached hydrogens (primary N) is 1. The van der Waals surface area contributed by atoms with Gasteiger partial charge in [-0.15, -0.1) is 0 Å². The van der Waals surface area contributed by atoms with Crippen LogP contribution in [0.2, 0.25) is 0 Å².